The number of hydrogen-bond donors (Lipinski definition) is 1. The fourth-order valence-electron chi connectivity index (χ4n) is 2.61. The summed E-state index contributed by atoms with van der Waals surface area (Å²) in [5, 5.41) is 9.43. The van der Waals surface area contributed by atoms with Crippen molar-refractivity contribution in [3.8, 4) is 5.75 Å². The summed E-state index contributed by atoms with van der Waals surface area (Å²) in [6, 6.07) is 1.81. The first kappa shape index (κ1) is 15.8. The number of carbonyl (C=O) groups excluding carboxylic acids is 1. The number of carbonyl (C=O) groups is 2. The lowest BCUT2D eigenvalue weighted by Gasteiger charge is -2.23. The summed E-state index contributed by atoms with van der Waals surface area (Å²) in [6.45, 7) is 2.58. The van der Waals surface area contributed by atoms with E-state index in [0.29, 0.717) is 23.6 Å². The Kier molecular flexibility index (Phi) is 4.53. The van der Waals surface area contributed by atoms with Crippen LogP contribution in [-0.4, -0.2) is 55.8 Å². The Bertz CT molecular complexity index is 556. The lowest BCUT2D eigenvalue weighted by atomic mass is 9.88. The van der Waals surface area contributed by atoms with Gasteiger partial charge in [-0.1, -0.05) is 0 Å². The molecule has 21 heavy (non-hydrogen) atoms. The maximum Gasteiger partial charge on any atom is 0.313 e. The zero-order valence-corrected chi connectivity index (χ0v) is 13.2. The monoisotopic (exact) mass is 313 g/mol. The Hall–Kier alpha value is -1.60. The van der Waals surface area contributed by atoms with Crippen molar-refractivity contribution in [1.82, 2.24) is 4.90 Å². The summed E-state index contributed by atoms with van der Waals surface area (Å²) >= 11 is 1.36. The van der Waals surface area contributed by atoms with Gasteiger partial charge in [0.25, 0.3) is 5.91 Å². The number of aryl methyl sites for hydroxylation is 1. The summed E-state index contributed by atoms with van der Waals surface area (Å²) in [6.07, 6.45) is 0.397. The van der Waals surface area contributed by atoms with Gasteiger partial charge in [0.2, 0.25) is 0 Å². The number of methoxy groups -OCH3 is 2. The molecule has 1 aromatic rings. The van der Waals surface area contributed by atoms with Crippen molar-refractivity contribution in [1.29, 1.82) is 0 Å². The Labute approximate surface area is 127 Å². The smallest absolute Gasteiger partial charge is 0.313 e. The van der Waals surface area contributed by atoms with Crippen molar-refractivity contribution < 1.29 is 24.2 Å². The fourth-order valence-corrected chi connectivity index (χ4v) is 3.56. The van der Waals surface area contributed by atoms with Gasteiger partial charge in [-0.15, -0.1) is 11.3 Å². The Morgan fingerprint density at radius 3 is 2.76 bits per heavy atom. The molecule has 7 heteroatoms. The summed E-state index contributed by atoms with van der Waals surface area (Å²) in [4.78, 5) is 27.2. The highest BCUT2D eigenvalue weighted by molar-refractivity contribution is 7.14. The molecule has 1 atom stereocenters. The van der Waals surface area contributed by atoms with Crippen LogP contribution in [0.15, 0.2) is 6.07 Å². The number of aliphatic carboxylic acids is 1. The van der Waals surface area contributed by atoms with Crippen molar-refractivity contribution in [3.63, 3.8) is 0 Å². The predicted octanol–water partition coefficient (Wildman–Crippen LogP) is 1.63. The zero-order valence-electron chi connectivity index (χ0n) is 12.3. The van der Waals surface area contributed by atoms with E-state index >= 15 is 0 Å². The highest BCUT2D eigenvalue weighted by atomic mass is 32.1. The van der Waals surface area contributed by atoms with Crippen LogP contribution in [0, 0.1) is 12.3 Å². The molecule has 1 fully saturated rings. The maximum atomic E-state index is 12.6. The minimum absolute atomic E-state index is 0.104. The number of amides is 1. The largest absolute Gasteiger partial charge is 0.495 e. The Balaban J connectivity index is 2.20. The molecule has 1 aromatic heterocycles. The first-order chi connectivity index (χ1) is 9.93. The van der Waals surface area contributed by atoms with Crippen LogP contribution in [-0.2, 0) is 9.53 Å². The standard InChI is InChI=1S/C14H19NO5S/c1-9-6-10(20-3)11(21-9)12(16)15-5-4-14(7-15,8-19-2)13(17)18/h6H,4-5,7-8H2,1-3H3,(H,17,18). The summed E-state index contributed by atoms with van der Waals surface area (Å²) in [5.41, 5.74) is -1.01. The van der Waals surface area contributed by atoms with E-state index < -0.39 is 11.4 Å². The summed E-state index contributed by atoms with van der Waals surface area (Å²) < 4.78 is 10.2. The van der Waals surface area contributed by atoms with Crippen LogP contribution in [0.25, 0.3) is 0 Å². The van der Waals surface area contributed by atoms with E-state index in [1.165, 1.54) is 25.6 Å². The average Bonchev–Trinajstić information content (AvgIpc) is 3.03. The first-order valence-corrected chi connectivity index (χ1v) is 7.41. The van der Waals surface area contributed by atoms with Crippen molar-refractivity contribution in [2.75, 3.05) is 33.9 Å². The second-order valence-corrected chi connectivity index (χ2v) is 6.51. The van der Waals surface area contributed by atoms with E-state index in [0.717, 1.165) is 4.88 Å². The van der Waals surface area contributed by atoms with Crippen LogP contribution < -0.4 is 4.74 Å². The van der Waals surface area contributed by atoms with E-state index in [1.54, 1.807) is 4.90 Å². The Morgan fingerprint density at radius 1 is 1.48 bits per heavy atom. The topological polar surface area (TPSA) is 76.1 Å². The third kappa shape index (κ3) is 2.89. The number of likely N-dealkylation sites (tertiary alicyclic amines) is 1. The number of nitrogens with zero attached hydrogens (tertiary/aromatic N) is 1. The minimum atomic E-state index is -1.01. The van der Waals surface area contributed by atoms with Gasteiger partial charge in [-0.2, -0.15) is 0 Å². The minimum Gasteiger partial charge on any atom is -0.495 e. The molecular formula is C14H19NO5S. The molecule has 2 rings (SSSR count). The summed E-state index contributed by atoms with van der Waals surface area (Å²) in [5.74, 6) is -0.555. The average molecular weight is 313 g/mol. The van der Waals surface area contributed by atoms with Crippen molar-refractivity contribution in [2.45, 2.75) is 13.3 Å². The lowest BCUT2D eigenvalue weighted by molar-refractivity contribution is -0.151. The predicted molar refractivity (Wildman–Crippen MR) is 78.1 cm³/mol. The second kappa shape index (κ2) is 6.03. The van der Waals surface area contributed by atoms with Crippen LogP contribution in [0.1, 0.15) is 21.0 Å². The molecule has 1 aliphatic rings. The molecule has 0 spiro atoms. The van der Waals surface area contributed by atoms with Gasteiger partial charge in [0, 0.05) is 25.1 Å². The van der Waals surface area contributed by atoms with E-state index in [-0.39, 0.29) is 19.1 Å². The number of ether oxygens (including phenoxy) is 2. The van der Waals surface area contributed by atoms with Crippen LogP contribution in [0.5, 0.6) is 5.75 Å². The molecular weight excluding hydrogens is 294 g/mol. The van der Waals surface area contributed by atoms with E-state index in [2.05, 4.69) is 0 Å². The van der Waals surface area contributed by atoms with E-state index in [1.807, 2.05) is 13.0 Å². The number of thiophene rings is 1. The third-order valence-electron chi connectivity index (χ3n) is 3.75. The number of carboxylic acids is 1. The van der Waals surface area contributed by atoms with Crippen LogP contribution in [0.4, 0.5) is 0 Å². The second-order valence-electron chi connectivity index (χ2n) is 5.25. The highest BCUT2D eigenvalue weighted by Crippen LogP contribution is 2.35. The molecule has 2 heterocycles. The number of hydrogen-bond acceptors (Lipinski definition) is 5. The molecule has 0 aliphatic carbocycles. The lowest BCUT2D eigenvalue weighted by Crippen LogP contribution is -2.40. The quantitative estimate of drug-likeness (QED) is 0.894. The molecule has 1 amide bonds. The highest BCUT2D eigenvalue weighted by Gasteiger charge is 2.47. The Morgan fingerprint density at radius 2 is 2.19 bits per heavy atom. The van der Waals surface area contributed by atoms with E-state index in [9.17, 15) is 14.7 Å². The van der Waals surface area contributed by atoms with Crippen molar-refractivity contribution >= 4 is 23.2 Å². The van der Waals surface area contributed by atoms with Gasteiger partial charge >= 0.3 is 5.97 Å². The first-order valence-electron chi connectivity index (χ1n) is 6.59. The zero-order chi connectivity index (χ0) is 15.6. The van der Waals surface area contributed by atoms with Gasteiger partial charge in [0.05, 0.1) is 13.7 Å². The normalized spacial score (nSPS) is 21.6. The molecule has 1 N–H and O–H groups in total. The van der Waals surface area contributed by atoms with E-state index in [4.69, 9.17) is 9.47 Å². The molecule has 116 valence electrons. The van der Waals surface area contributed by atoms with Crippen LogP contribution >= 0.6 is 11.3 Å². The molecule has 0 aromatic carbocycles. The molecule has 0 saturated carbocycles. The van der Waals surface area contributed by atoms with Gasteiger partial charge in [-0.3, -0.25) is 9.59 Å². The summed E-state index contributed by atoms with van der Waals surface area (Å²) in [7, 11) is 3.00. The van der Waals surface area contributed by atoms with Crippen LogP contribution in [0.3, 0.4) is 0 Å². The molecule has 1 unspecified atom stereocenters. The van der Waals surface area contributed by atoms with Gasteiger partial charge < -0.3 is 19.5 Å². The number of carboxylic acid groups (broad SMARTS) is 1. The maximum absolute atomic E-state index is 12.6. The van der Waals surface area contributed by atoms with Gasteiger partial charge in [-0.05, 0) is 19.4 Å². The van der Waals surface area contributed by atoms with Gasteiger partial charge in [0.15, 0.2) is 0 Å². The van der Waals surface area contributed by atoms with Gasteiger partial charge in [0.1, 0.15) is 16.0 Å². The third-order valence-corrected chi connectivity index (χ3v) is 4.77. The van der Waals surface area contributed by atoms with Crippen molar-refractivity contribution in [2.24, 2.45) is 5.41 Å². The van der Waals surface area contributed by atoms with Crippen LogP contribution in [0.2, 0.25) is 0 Å². The molecule has 0 radical (unpaired) electrons. The molecule has 1 aliphatic heterocycles. The molecule has 1 saturated heterocycles. The molecule has 6 nitrogen and oxygen atoms in total. The van der Waals surface area contributed by atoms with Gasteiger partial charge in [-0.25, -0.2) is 0 Å². The number of rotatable bonds is 5. The fraction of sp³-hybridized carbons (Fsp3) is 0.571. The SMILES string of the molecule is COCC1(C(=O)O)CCN(C(=O)c2sc(C)cc2OC)C1. The molecule has 0 bridgehead atoms. The van der Waals surface area contributed by atoms with Crippen molar-refractivity contribution in [3.05, 3.63) is 15.8 Å².